The van der Waals surface area contributed by atoms with Crippen LogP contribution in [0, 0.1) is 17.6 Å². The van der Waals surface area contributed by atoms with Crippen LogP contribution in [0.4, 0.5) is 8.78 Å². The molecule has 0 spiro atoms. The molecule has 1 saturated heterocycles. The van der Waals surface area contributed by atoms with Gasteiger partial charge < -0.3 is 20.6 Å². The van der Waals surface area contributed by atoms with Crippen LogP contribution < -0.4 is 10.1 Å². The average Bonchev–Trinajstić information content (AvgIpc) is 3.22. The number of benzene rings is 2. The Morgan fingerprint density at radius 3 is 2.65 bits per heavy atom. The number of H-pyrrole nitrogens is 1. The fourth-order valence-electron chi connectivity index (χ4n) is 4.17. The number of piperidine rings is 1. The van der Waals surface area contributed by atoms with E-state index in [-0.39, 0.29) is 35.1 Å². The van der Waals surface area contributed by atoms with Crippen LogP contribution in [0.15, 0.2) is 30.3 Å². The van der Waals surface area contributed by atoms with E-state index in [1.807, 2.05) is 4.90 Å². The Morgan fingerprint density at radius 2 is 1.97 bits per heavy atom. The summed E-state index contributed by atoms with van der Waals surface area (Å²) < 4.78 is 33.6. The minimum atomic E-state index is -1.00. The molecule has 1 amide bonds. The molecule has 0 unspecified atom stereocenters. The highest BCUT2D eigenvalue weighted by Crippen LogP contribution is 2.36. The topological polar surface area (TPSA) is 139 Å². The Balaban J connectivity index is 0.00000324. The van der Waals surface area contributed by atoms with Crippen molar-refractivity contribution in [2.75, 3.05) is 33.3 Å². The van der Waals surface area contributed by atoms with Crippen LogP contribution in [-0.2, 0) is 4.79 Å². The Bertz CT molecular complexity index is 1190. The number of hydrogen-bond acceptors (Lipinski definition) is 5. The average molecular weight is 476 g/mol. The highest BCUT2D eigenvalue weighted by molar-refractivity contribution is 6.06. The first kappa shape index (κ1) is 25.1. The lowest BCUT2D eigenvalue weighted by Crippen LogP contribution is -2.40. The molecule has 3 aromatic rings. The number of amides is 1. The maximum absolute atomic E-state index is 14.4. The van der Waals surface area contributed by atoms with Gasteiger partial charge in [0.25, 0.3) is 5.91 Å². The molecule has 34 heavy (non-hydrogen) atoms. The van der Waals surface area contributed by atoms with Crippen LogP contribution in [0.3, 0.4) is 0 Å². The number of carbonyl (C=O) groups excluding carboxylic acids is 1. The number of halogens is 2. The van der Waals surface area contributed by atoms with E-state index in [0.29, 0.717) is 41.9 Å². The molecule has 4 rings (SSSR count). The van der Waals surface area contributed by atoms with Gasteiger partial charge in [0.15, 0.2) is 17.3 Å². The molecule has 2 heterocycles. The van der Waals surface area contributed by atoms with Gasteiger partial charge in [0.05, 0.1) is 19.2 Å². The molecule has 1 aliphatic heterocycles. The van der Waals surface area contributed by atoms with Crippen molar-refractivity contribution in [3.05, 3.63) is 47.7 Å². The Labute approximate surface area is 194 Å². The number of nitrogens with zero attached hydrogens (tertiary/aromatic N) is 2. The largest absolute Gasteiger partial charge is 0.496 e. The van der Waals surface area contributed by atoms with Gasteiger partial charge in [-0.3, -0.25) is 19.6 Å². The van der Waals surface area contributed by atoms with Crippen molar-refractivity contribution < 1.29 is 33.7 Å². The van der Waals surface area contributed by atoms with Crippen LogP contribution in [0.1, 0.15) is 23.3 Å². The van der Waals surface area contributed by atoms with E-state index in [9.17, 15) is 18.4 Å². The lowest BCUT2D eigenvalue weighted by atomic mass is 9.96. The molecule has 1 aliphatic rings. The number of methoxy groups -OCH3 is 1. The number of fused-ring (bicyclic) bond motifs is 1. The summed E-state index contributed by atoms with van der Waals surface area (Å²) in [6.45, 7) is 1.80. The van der Waals surface area contributed by atoms with Crippen molar-refractivity contribution in [2.45, 2.75) is 12.8 Å². The zero-order chi connectivity index (χ0) is 23.5. The maximum Gasteiger partial charge on any atom is 0.317 e. The molecule has 0 aliphatic carbocycles. The van der Waals surface area contributed by atoms with E-state index < -0.39 is 17.6 Å². The summed E-state index contributed by atoms with van der Waals surface area (Å²) in [7, 11) is 1.42. The molecular weight excluding hydrogens is 450 g/mol. The molecule has 9 nitrogen and oxygen atoms in total. The number of aliphatic carboxylic acids is 1. The third-order valence-corrected chi connectivity index (χ3v) is 5.96. The first-order valence-corrected chi connectivity index (χ1v) is 10.6. The number of rotatable bonds is 7. The van der Waals surface area contributed by atoms with Gasteiger partial charge in [0, 0.05) is 29.1 Å². The van der Waals surface area contributed by atoms with Gasteiger partial charge in [-0.25, -0.2) is 8.78 Å². The van der Waals surface area contributed by atoms with E-state index in [0.717, 1.165) is 18.9 Å². The smallest absolute Gasteiger partial charge is 0.317 e. The minimum Gasteiger partial charge on any atom is -0.496 e. The van der Waals surface area contributed by atoms with E-state index in [1.165, 1.54) is 19.2 Å². The van der Waals surface area contributed by atoms with Gasteiger partial charge in [-0.2, -0.15) is 5.10 Å². The summed E-state index contributed by atoms with van der Waals surface area (Å²) in [5, 5.41) is 19.2. The van der Waals surface area contributed by atoms with Crippen LogP contribution >= 0.6 is 0 Å². The van der Waals surface area contributed by atoms with Crippen molar-refractivity contribution in [1.29, 1.82) is 0 Å². The number of aromatic nitrogens is 2. The summed E-state index contributed by atoms with van der Waals surface area (Å²) >= 11 is 0. The third-order valence-electron chi connectivity index (χ3n) is 5.96. The molecule has 1 fully saturated rings. The van der Waals surface area contributed by atoms with Crippen LogP contribution in [0.5, 0.6) is 5.75 Å². The number of carbonyl (C=O) groups is 2. The second kappa shape index (κ2) is 10.6. The van der Waals surface area contributed by atoms with E-state index in [2.05, 4.69) is 15.5 Å². The van der Waals surface area contributed by atoms with E-state index >= 15 is 0 Å². The van der Waals surface area contributed by atoms with Crippen LogP contribution in [0.2, 0.25) is 0 Å². The number of carboxylic acids is 1. The van der Waals surface area contributed by atoms with Crippen molar-refractivity contribution in [2.24, 2.45) is 5.92 Å². The number of likely N-dealkylation sites (tertiary alicyclic amines) is 1. The number of carboxylic acid groups (broad SMARTS) is 1. The number of ether oxygens (including phenoxy) is 1. The third kappa shape index (κ3) is 5.15. The zero-order valence-electron chi connectivity index (χ0n) is 18.5. The lowest BCUT2D eigenvalue weighted by Gasteiger charge is -2.30. The lowest BCUT2D eigenvalue weighted by molar-refractivity contribution is -0.138. The number of nitrogens with one attached hydrogen (secondary N) is 2. The van der Waals surface area contributed by atoms with Crippen molar-refractivity contribution >= 4 is 22.8 Å². The maximum atomic E-state index is 14.4. The summed E-state index contributed by atoms with van der Waals surface area (Å²) in [6.07, 6.45) is 1.57. The summed E-state index contributed by atoms with van der Waals surface area (Å²) in [5.41, 5.74) is 1.01. The van der Waals surface area contributed by atoms with E-state index in [4.69, 9.17) is 9.84 Å². The molecule has 0 radical (unpaired) electrons. The summed E-state index contributed by atoms with van der Waals surface area (Å²) in [6, 6.07) is 7.04. The zero-order valence-corrected chi connectivity index (χ0v) is 18.5. The Morgan fingerprint density at radius 1 is 1.24 bits per heavy atom. The first-order valence-electron chi connectivity index (χ1n) is 10.6. The molecule has 11 heteroatoms. The quantitative estimate of drug-likeness (QED) is 0.478. The monoisotopic (exact) mass is 476 g/mol. The molecule has 0 saturated carbocycles. The molecule has 2 aromatic carbocycles. The van der Waals surface area contributed by atoms with Gasteiger partial charge in [0.2, 0.25) is 0 Å². The Hall–Kier alpha value is -3.57. The Kier molecular flexibility index (Phi) is 7.79. The second-order valence-electron chi connectivity index (χ2n) is 8.09. The first-order chi connectivity index (χ1) is 15.9. The fourth-order valence-corrected chi connectivity index (χ4v) is 4.17. The molecule has 182 valence electrons. The van der Waals surface area contributed by atoms with Crippen molar-refractivity contribution in [3.8, 4) is 16.9 Å². The molecule has 0 atom stereocenters. The number of hydrogen-bond donors (Lipinski definition) is 3. The fraction of sp³-hybridized carbons (Fsp3) is 0.348. The predicted molar refractivity (Wildman–Crippen MR) is 121 cm³/mol. The predicted octanol–water partition coefficient (Wildman–Crippen LogP) is 2.22. The minimum absolute atomic E-state index is 0. The van der Waals surface area contributed by atoms with Gasteiger partial charge in [-0.1, -0.05) is 12.1 Å². The summed E-state index contributed by atoms with van der Waals surface area (Å²) in [4.78, 5) is 25.6. The molecule has 5 N–H and O–H groups in total. The SMILES string of the molecule is COc1cc2[nH]nc(C(=O)NCC3CCN(CC(=O)O)CC3)c2cc1-c1cccc(F)c1F.O. The van der Waals surface area contributed by atoms with Crippen LogP contribution in [0.25, 0.3) is 22.0 Å². The van der Waals surface area contributed by atoms with Crippen LogP contribution in [-0.4, -0.2) is 70.8 Å². The van der Waals surface area contributed by atoms with Gasteiger partial charge in [-0.05, 0) is 44.0 Å². The standard InChI is InChI=1S/C23H24F2N4O4.H2O/c1-33-19-10-18-16(9-15(19)14-3-2-4-17(24)21(14)25)22(28-27-18)23(32)26-11-13-5-7-29(8-6-13)12-20(30)31;/h2-4,9-10,13H,5-8,11-12H2,1H3,(H,26,32)(H,27,28)(H,30,31);1H2. The normalized spacial score (nSPS) is 14.6. The number of aromatic amines is 1. The van der Waals surface area contributed by atoms with Gasteiger partial charge in [-0.15, -0.1) is 0 Å². The highest BCUT2D eigenvalue weighted by atomic mass is 19.2. The molecule has 1 aromatic heterocycles. The highest BCUT2D eigenvalue weighted by Gasteiger charge is 2.23. The molecule has 0 bridgehead atoms. The van der Waals surface area contributed by atoms with Crippen molar-refractivity contribution in [1.82, 2.24) is 20.4 Å². The molecular formula is C23H26F2N4O5. The summed E-state index contributed by atoms with van der Waals surface area (Å²) in [5.74, 6) is -2.66. The van der Waals surface area contributed by atoms with Gasteiger partial charge in [0.1, 0.15) is 5.75 Å². The van der Waals surface area contributed by atoms with E-state index in [1.54, 1.807) is 12.1 Å². The second-order valence-corrected chi connectivity index (χ2v) is 8.09. The van der Waals surface area contributed by atoms with Gasteiger partial charge >= 0.3 is 5.97 Å². The van der Waals surface area contributed by atoms with Crippen molar-refractivity contribution in [3.63, 3.8) is 0 Å².